The molecule has 3 rings (SSSR count). The van der Waals surface area contributed by atoms with Crippen LogP contribution in [0.3, 0.4) is 0 Å². The molecule has 1 N–H and O–H groups in total. The number of ether oxygens (including phenoxy) is 2. The Kier molecular flexibility index (Phi) is 6.96. The minimum absolute atomic E-state index is 0.153. The summed E-state index contributed by atoms with van der Waals surface area (Å²) in [6.07, 6.45) is 1.83. The van der Waals surface area contributed by atoms with Gasteiger partial charge in [0.2, 0.25) is 5.13 Å². The molecule has 0 unspecified atom stereocenters. The summed E-state index contributed by atoms with van der Waals surface area (Å²) in [4.78, 5) is 15.8. The van der Waals surface area contributed by atoms with Gasteiger partial charge >= 0.3 is 5.97 Å². The van der Waals surface area contributed by atoms with Crippen molar-refractivity contribution >= 4 is 28.7 Å². The predicted octanol–water partition coefficient (Wildman–Crippen LogP) is 3.88. The van der Waals surface area contributed by atoms with Gasteiger partial charge in [0.15, 0.2) is 0 Å². The zero-order valence-corrected chi connectivity index (χ0v) is 17.3. The molecule has 8 nitrogen and oxygen atoms in total. The van der Waals surface area contributed by atoms with Gasteiger partial charge < -0.3 is 14.0 Å². The van der Waals surface area contributed by atoms with Crippen molar-refractivity contribution in [2.75, 3.05) is 12.0 Å². The monoisotopic (exact) mass is 414 g/mol. The zero-order valence-electron chi connectivity index (χ0n) is 16.5. The smallest absolute Gasteiger partial charge is 0.311 e. The van der Waals surface area contributed by atoms with E-state index in [9.17, 15) is 4.79 Å². The Bertz CT molecular complexity index is 977. The largest absolute Gasteiger partial charge is 0.489 e. The van der Waals surface area contributed by atoms with Gasteiger partial charge in [-0.3, -0.25) is 10.2 Å². The van der Waals surface area contributed by atoms with Gasteiger partial charge in [0.1, 0.15) is 18.1 Å². The molecule has 0 fully saturated rings. The number of anilines is 1. The Morgan fingerprint density at radius 2 is 2.24 bits per heavy atom. The molecule has 0 aliphatic rings. The molecule has 0 aliphatic carbocycles. The average Bonchev–Trinajstić information content (AvgIpc) is 3.27. The number of rotatable bonds is 9. The van der Waals surface area contributed by atoms with Crippen molar-refractivity contribution in [3.8, 4) is 5.75 Å². The van der Waals surface area contributed by atoms with E-state index < -0.39 is 0 Å². The lowest BCUT2D eigenvalue weighted by molar-refractivity contribution is -0.142. The fourth-order valence-electron chi connectivity index (χ4n) is 2.51. The molecule has 0 radical (unpaired) electrons. The van der Waals surface area contributed by atoms with Gasteiger partial charge in [-0.1, -0.05) is 17.3 Å². The Balaban J connectivity index is 1.54. The summed E-state index contributed by atoms with van der Waals surface area (Å²) in [7, 11) is 0. The van der Waals surface area contributed by atoms with Crippen molar-refractivity contribution in [1.29, 1.82) is 0 Å². The molecule has 152 valence electrons. The van der Waals surface area contributed by atoms with Crippen molar-refractivity contribution in [3.63, 3.8) is 0 Å². The van der Waals surface area contributed by atoms with Gasteiger partial charge in [0.05, 0.1) is 36.2 Å². The lowest BCUT2D eigenvalue weighted by atomic mass is 10.2. The number of benzene rings is 1. The Morgan fingerprint density at radius 3 is 3.00 bits per heavy atom. The summed E-state index contributed by atoms with van der Waals surface area (Å²) >= 11 is 1.37. The fourth-order valence-corrected chi connectivity index (χ4v) is 3.17. The molecule has 0 atom stereocenters. The SMILES string of the molecule is CCOC(=O)Cc1csc(NN=Cc2cccc(OCc3c(C)noc3C)c2)n1. The zero-order chi connectivity index (χ0) is 20.6. The molecular weight excluding hydrogens is 392 g/mol. The van der Waals surface area contributed by atoms with Crippen LogP contribution in [0.1, 0.15) is 35.2 Å². The number of hydrogen-bond acceptors (Lipinski definition) is 9. The molecule has 1 aromatic carbocycles. The van der Waals surface area contributed by atoms with E-state index >= 15 is 0 Å². The third kappa shape index (κ3) is 5.89. The highest BCUT2D eigenvalue weighted by molar-refractivity contribution is 7.13. The van der Waals surface area contributed by atoms with E-state index in [2.05, 4.69) is 20.7 Å². The van der Waals surface area contributed by atoms with Crippen molar-refractivity contribution in [2.45, 2.75) is 33.8 Å². The summed E-state index contributed by atoms with van der Waals surface area (Å²) < 4.78 is 15.9. The summed E-state index contributed by atoms with van der Waals surface area (Å²) in [5.74, 6) is 1.19. The standard InChI is InChI=1S/C20H22N4O4S/c1-4-26-19(25)9-16-12-29-20(22-16)23-21-10-15-6-5-7-17(8-15)27-11-18-13(2)24-28-14(18)3/h5-8,10,12H,4,9,11H2,1-3H3,(H,22,23). The molecule has 0 aliphatic heterocycles. The van der Waals surface area contributed by atoms with Crippen LogP contribution in [0, 0.1) is 13.8 Å². The molecule has 2 aromatic heterocycles. The van der Waals surface area contributed by atoms with Gasteiger partial charge in [-0.2, -0.15) is 5.10 Å². The second-order valence-corrected chi connectivity index (χ2v) is 7.02. The van der Waals surface area contributed by atoms with Gasteiger partial charge in [0.25, 0.3) is 0 Å². The van der Waals surface area contributed by atoms with Crippen LogP contribution < -0.4 is 10.2 Å². The van der Waals surface area contributed by atoms with E-state index in [1.54, 1.807) is 18.5 Å². The van der Waals surface area contributed by atoms with Crippen LogP contribution in [-0.4, -0.2) is 28.9 Å². The minimum atomic E-state index is -0.291. The van der Waals surface area contributed by atoms with Crippen LogP contribution in [0.2, 0.25) is 0 Å². The highest BCUT2D eigenvalue weighted by atomic mass is 32.1. The number of nitrogens with one attached hydrogen (secondary N) is 1. The second-order valence-electron chi connectivity index (χ2n) is 6.16. The van der Waals surface area contributed by atoms with Gasteiger partial charge in [-0.05, 0) is 38.5 Å². The highest BCUT2D eigenvalue weighted by Crippen LogP contribution is 2.19. The molecule has 0 saturated carbocycles. The van der Waals surface area contributed by atoms with E-state index in [0.717, 1.165) is 28.3 Å². The molecule has 9 heteroatoms. The minimum Gasteiger partial charge on any atom is -0.489 e. The summed E-state index contributed by atoms with van der Waals surface area (Å²) in [5.41, 5.74) is 6.18. The highest BCUT2D eigenvalue weighted by Gasteiger charge is 2.10. The topological polar surface area (TPSA) is 98.8 Å². The molecule has 0 amide bonds. The number of carbonyl (C=O) groups excluding carboxylic acids is 1. The number of hydrazone groups is 1. The first-order valence-corrected chi connectivity index (χ1v) is 9.97. The van der Waals surface area contributed by atoms with Crippen molar-refractivity contribution in [3.05, 3.63) is 57.9 Å². The predicted molar refractivity (Wildman–Crippen MR) is 110 cm³/mol. The second kappa shape index (κ2) is 9.83. The van der Waals surface area contributed by atoms with Gasteiger partial charge in [-0.25, -0.2) is 4.98 Å². The molecule has 0 bridgehead atoms. The van der Waals surface area contributed by atoms with Crippen LogP contribution in [0.15, 0.2) is 39.3 Å². The maximum atomic E-state index is 11.5. The normalized spacial score (nSPS) is 11.0. The van der Waals surface area contributed by atoms with Crippen LogP contribution in [0.5, 0.6) is 5.75 Å². The Labute approximate surface area is 172 Å². The molecule has 3 aromatic rings. The van der Waals surface area contributed by atoms with Crippen LogP contribution in [0.4, 0.5) is 5.13 Å². The van der Waals surface area contributed by atoms with Crippen molar-refractivity contribution in [1.82, 2.24) is 10.1 Å². The summed E-state index contributed by atoms with van der Waals surface area (Å²) in [5, 5.41) is 10.5. The first-order valence-electron chi connectivity index (χ1n) is 9.09. The Morgan fingerprint density at radius 1 is 1.38 bits per heavy atom. The van der Waals surface area contributed by atoms with Gasteiger partial charge in [0, 0.05) is 5.38 Å². The number of thiazole rings is 1. The molecule has 0 saturated heterocycles. The number of hydrogen-bond donors (Lipinski definition) is 1. The third-order valence-electron chi connectivity index (χ3n) is 3.98. The summed E-state index contributed by atoms with van der Waals surface area (Å²) in [6.45, 7) is 6.28. The van der Waals surface area contributed by atoms with Crippen LogP contribution in [-0.2, 0) is 22.6 Å². The summed E-state index contributed by atoms with van der Waals surface area (Å²) in [6, 6.07) is 7.58. The van der Waals surface area contributed by atoms with Gasteiger partial charge in [-0.15, -0.1) is 11.3 Å². The number of nitrogens with zero attached hydrogens (tertiary/aromatic N) is 3. The van der Waals surface area contributed by atoms with Crippen molar-refractivity contribution in [2.24, 2.45) is 5.10 Å². The quantitative estimate of drug-likeness (QED) is 0.322. The van der Waals surface area contributed by atoms with E-state index in [1.165, 1.54) is 11.3 Å². The average molecular weight is 414 g/mol. The Hall–Kier alpha value is -3.20. The maximum absolute atomic E-state index is 11.5. The maximum Gasteiger partial charge on any atom is 0.311 e. The third-order valence-corrected chi connectivity index (χ3v) is 4.77. The molecular formula is C20H22N4O4S. The van der Waals surface area contributed by atoms with Crippen molar-refractivity contribution < 1.29 is 18.8 Å². The van der Waals surface area contributed by atoms with E-state index in [4.69, 9.17) is 14.0 Å². The number of esters is 1. The van der Waals surface area contributed by atoms with Crippen LogP contribution >= 0.6 is 11.3 Å². The molecule has 2 heterocycles. The molecule has 29 heavy (non-hydrogen) atoms. The van der Waals surface area contributed by atoms with Crippen LogP contribution in [0.25, 0.3) is 0 Å². The lowest BCUT2D eigenvalue weighted by Gasteiger charge is -2.06. The van der Waals surface area contributed by atoms with E-state index in [0.29, 0.717) is 24.0 Å². The van der Waals surface area contributed by atoms with E-state index in [-0.39, 0.29) is 12.4 Å². The van der Waals surface area contributed by atoms with E-state index in [1.807, 2.05) is 38.1 Å². The number of carbonyl (C=O) groups is 1. The first-order chi connectivity index (χ1) is 14.0. The first kappa shape index (κ1) is 20.5. The lowest BCUT2D eigenvalue weighted by Crippen LogP contribution is -2.07. The number of aryl methyl sites for hydroxylation is 2. The molecule has 0 spiro atoms. The fraction of sp³-hybridized carbons (Fsp3) is 0.300. The number of aromatic nitrogens is 2.